The second kappa shape index (κ2) is 8.82. The molecule has 1 aromatic carbocycles. The third-order valence-corrected chi connectivity index (χ3v) is 5.25. The van der Waals surface area contributed by atoms with Gasteiger partial charge < -0.3 is 15.5 Å². The van der Waals surface area contributed by atoms with Crippen LogP contribution in [0.5, 0.6) is 0 Å². The molecule has 0 saturated carbocycles. The lowest BCUT2D eigenvalue weighted by atomic mass is 10.0. The van der Waals surface area contributed by atoms with Crippen LogP contribution in [0.2, 0.25) is 0 Å². The topological polar surface area (TPSA) is 61.4 Å². The van der Waals surface area contributed by atoms with Crippen molar-refractivity contribution in [3.8, 4) is 0 Å². The smallest absolute Gasteiger partial charge is 0.254 e. The normalized spacial score (nSPS) is 23.2. The fourth-order valence-electron chi connectivity index (χ4n) is 3.88. The third kappa shape index (κ3) is 4.18. The van der Waals surface area contributed by atoms with E-state index in [1.165, 1.54) is 12.1 Å². The first kappa shape index (κ1) is 20.6. The van der Waals surface area contributed by atoms with E-state index in [1.807, 2.05) is 18.7 Å². The lowest BCUT2D eigenvalue weighted by Gasteiger charge is -2.33. The molecule has 7 heteroatoms. The van der Waals surface area contributed by atoms with E-state index in [0.717, 1.165) is 32.4 Å². The highest BCUT2D eigenvalue weighted by Gasteiger charge is 2.41. The zero-order chi connectivity index (χ0) is 18.0. The average Bonchev–Trinajstić information content (AvgIpc) is 2.84. The highest BCUT2D eigenvalue weighted by molar-refractivity contribution is 5.98. The van der Waals surface area contributed by atoms with Crippen molar-refractivity contribution in [2.45, 2.75) is 51.2 Å². The minimum absolute atomic E-state index is 0. The number of nitrogens with zero attached hydrogens (tertiary/aromatic N) is 1. The summed E-state index contributed by atoms with van der Waals surface area (Å²) in [5.74, 6) is -1.23. The summed E-state index contributed by atoms with van der Waals surface area (Å²) < 4.78 is 13.9. The largest absolute Gasteiger partial charge is 0.340 e. The number of carbonyl (C=O) groups is 2. The Kier molecular flexibility index (Phi) is 7.01. The van der Waals surface area contributed by atoms with Gasteiger partial charge in [-0.3, -0.25) is 9.59 Å². The Balaban J connectivity index is 0.00000243. The monoisotopic (exact) mass is 383 g/mol. The molecule has 26 heavy (non-hydrogen) atoms. The van der Waals surface area contributed by atoms with Gasteiger partial charge in [0.15, 0.2) is 0 Å². The molecule has 0 aliphatic carbocycles. The molecule has 2 aliphatic heterocycles. The molecule has 3 atom stereocenters. The van der Waals surface area contributed by atoms with Crippen molar-refractivity contribution < 1.29 is 14.0 Å². The van der Waals surface area contributed by atoms with Crippen LogP contribution >= 0.6 is 12.4 Å². The summed E-state index contributed by atoms with van der Waals surface area (Å²) in [6, 6.07) is 5.62. The molecule has 2 aliphatic rings. The summed E-state index contributed by atoms with van der Waals surface area (Å²) in [6.07, 6.45) is 2.95. The van der Waals surface area contributed by atoms with E-state index in [0.29, 0.717) is 0 Å². The van der Waals surface area contributed by atoms with Gasteiger partial charge in [-0.1, -0.05) is 26.0 Å². The highest BCUT2D eigenvalue weighted by atomic mass is 35.5. The van der Waals surface area contributed by atoms with Gasteiger partial charge in [0, 0.05) is 18.6 Å². The van der Waals surface area contributed by atoms with Gasteiger partial charge in [-0.25, -0.2) is 4.39 Å². The van der Waals surface area contributed by atoms with E-state index >= 15 is 0 Å². The predicted octanol–water partition coefficient (Wildman–Crippen LogP) is 2.35. The number of carbonyl (C=O) groups excluding carboxylic acids is 2. The Hall–Kier alpha value is -1.66. The van der Waals surface area contributed by atoms with Crippen LogP contribution in [0.1, 0.15) is 43.5 Å². The van der Waals surface area contributed by atoms with Crippen LogP contribution in [-0.2, 0) is 4.79 Å². The minimum atomic E-state index is -0.645. The van der Waals surface area contributed by atoms with Gasteiger partial charge in [0.05, 0.1) is 5.56 Å². The van der Waals surface area contributed by atoms with Crippen LogP contribution in [0.3, 0.4) is 0 Å². The Morgan fingerprint density at radius 1 is 1.19 bits per heavy atom. The molecular formula is C19H27ClFN3O2. The van der Waals surface area contributed by atoms with Gasteiger partial charge >= 0.3 is 0 Å². The molecule has 2 saturated heterocycles. The quantitative estimate of drug-likeness (QED) is 0.839. The molecule has 2 bridgehead atoms. The van der Waals surface area contributed by atoms with Crippen LogP contribution in [0.15, 0.2) is 24.3 Å². The van der Waals surface area contributed by atoms with Gasteiger partial charge in [-0.15, -0.1) is 12.4 Å². The maximum atomic E-state index is 13.9. The second-order valence-corrected chi connectivity index (χ2v) is 7.30. The van der Waals surface area contributed by atoms with E-state index in [-0.39, 0.29) is 41.9 Å². The van der Waals surface area contributed by atoms with Crippen LogP contribution in [0.25, 0.3) is 0 Å². The molecule has 0 aromatic heterocycles. The van der Waals surface area contributed by atoms with Gasteiger partial charge in [0.2, 0.25) is 5.91 Å². The van der Waals surface area contributed by atoms with E-state index < -0.39 is 17.8 Å². The van der Waals surface area contributed by atoms with Gasteiger partial charge in [-0.05, 0) is 43.9 Å². The summed E-state index contributed by atoms with van der Waals surface area (Å²) in [4.78, 5) is 27.6. The average molecular weight is 384 g/mol. The first-order valence-corrected chi connectivity index (χ1v) is 9.07. The molecule has 3 rings (SSSR count). The zero-order valence-electron chi connectivity index (χ0n) is 15.2. The van der Waals surface area contributed by atoms with Crippen LogP contribution in [0, 0.1) is 11.7 Å². The van der Waals surface area contributed by atoms with E-state index in [9.17, 15) is 14.0 Å². The Labute approximate surface area is 160 Å². The van der Waals surface area contributed by atoms with E-state index in [2.05, 4.69) is 10.6 Å². The molecule has 1 aromatic rings. The number of benzene rings is 1. The van der Waals surface area contributed by atoms with Crippen molar-refractivity contribution in [2.24, 2.45) is 5.92 Å². The van der Waals surface area contributed by atoms with E-state index in [4.69, 9.17) is 0 Å². The maximum absolute atomic E-state index is 13.9. The molecule has 0 spiro atoms. The molecule has 2 fully saturated rings. The number of hydrogen-bond acceptors (Lipinski definition) is 3. The first-order chi connectivity index (χ1) is 12.0. The Morgan fingerprint density at radius 3 is 2.58 bits per heavy atom. The van der Waals surface area contributed by atoms with Crippen molar-refractivity contribution in [2.75, 3.05) is 13.1 Å². The highest BCUT2D eigenvalue weighted by Crippen LogP contribution is 2.29. The van der Waals surface area contributed by atoms with Crippen molar-refractivity contribution in [1.29, 1.82) is 0 Å². The number of rotatable bonds is 4. The van der Waals surface area contributed by atoms with Crippen LogP contribution in [0.4, 0.5) is 4.39 Å². The lowest BCUT2D eigenvalue weighted by Crippen LogP contribution is -2.55. The van der Waals surface area contributed by atoms with E-state index in [1.54, 1.807) is 12.1 Å². The number of hydrogen-bond donors (Lipinski definition) is 2. The molecule has 2 amide bonds. The lowest BCUT2D eigenvalue weighted by molar-refractivity contribution is -0.137. The fraction of sp³-hybridized carbons (Fsp3) is 0.579. The van der Waals surface area contributed by atoms with Gasteiger partial charge in [-0.2, -0.15) is 0 Å². The molecule has 144 valence electrons. The molecule has 3 unspecified atom stereocenters. The fourth-order valence-corrected chi connectivity index (χ4v) is 3.88. The summed E-state index contributed by atoms with van der Waals surface area (Å²) in [5.41, 5.74) is -0.0264. The molecule has 2 N–H and O–H groups in total. The molecular weight excluding hydrogens is 357 g/mol. The minimum Gasteiger partial charge on any atom is -0.340 e. The zero-order valence-corrected chi connectivity index (χ0v) is 16.0. The molecule has 0 radical (unpaired) electrons. The summed E-state index contributed by atoms with van der Waals surface area (Å²) >= 11 is 0. The molecule has 5 nitrogen and oxygen atoms in total. The Bertz CT molecular complexity index is 641. The number of nitrogens with one attached hydrogen (secondary N) is 2. The number of amides is 2. The summed E-state index contributed by atoms with van der Waals surface area (Å²) in [6.45, 7) is 5.53. The van der Waals surface area contributed by atoms with Crippen molar-refractivity contribution in [3.05, 3.63) is 35.6 Å². The van der Waals surface area contributed by atoms with Gasteiger partial charge in [0.1, 0.15) is 11.9 Å². The third-order valence-electron chi connectivity index (χ3n) is 5.25. The number of fused-ring (bicyclic) bond motifs is 2. The standard InChI is InChI=1S/C19H26FN3O2.ClH/c1-12(2)17(22-18(24)15-5-3-4-6-16(15)20)19(25)23-13-7-8-14(23)11-21-10-9-13;/h3-6,12-14,17,21H,7-11H2,1-2H3,(H,22,24);1H. The number of halogens is 2. The molecule has 2 heterocycles. The van der Waals surface area contributed by atoms with Crippen molar-refractivity contribution in [1.82, 2.24) is 15.5 Å². The van der Waals surface area contributed by atoms with Gasteiger partial charge in [0.25, 0.3) is 5.91 Å². The van der Waals surface area contributed by atoms with Crippen LogP contribution < -0.4 is 10.6 Å². The Morgan fingerprint density at radius 2 is 1.88 bits per heavy atom. The first-order valence-electron chi connectivity index (χ1n) is 9.07. The van der Waals surface area contributed by atoms with Crippen molar-refractivity contribution >= 4 is 24.2 Å². The predicted molar refractivity (Wildman–Crippen MR) is 101 cm³/mol. The summed E-state index contributed by atoms with van der Waals surface area (Å²) in [5, 5.41) is 6.14. The maximum Gasteiger partial charge on any atom is 0.254 e. The second-order valence-electron chi connectivity index (χ2n) is 7.30. The SMILES string of the molecule is CC(C)C(NC(=O)c1ccccc1F)C(=O)N1C2CCNCC1CC2.Cl. The van der Waals surface area contributed by atoms with Crippen molar-refractivity contribution in [3.63, 3.8) is 0 Å². The van der Waals surface area contributed by atoms with Crippen LogP contribution in [-0.4, -0.2) is 47.9 Å². The summed E-state index contributed by atoms with van der Waals surface area (Å²) in [7, 11) is 0.